The van der Waals surface area contributed by atoms with Gasteiger partial charge in [-0.25, -0.2) is 4.98 Å². The Morgan fingerprint density at radius 1 is 1.41 bits per heavy atom. The number of nitrogens with two attached hydrogens (primary N) is 2. The zero-order valence-corrected chi connectivity index (χ0v) is 15.0. The van der Waals surface area contributed by atoms with Gasteiger partial charge in [-0.05, 0) is 19.8 Å². The van der Waals surface area contributed by atoms with Gasteiger partial charge in [0, 0.05) is 18.8 Å². The van der Waals surface area contributed by atoms with Crippen molar-refractivity contribution in [3.63, 3.8) is 0 Å². The molecule has 2 aromatic rings. The number of hydrogen-bond acceptors (Lipinski definition) is 5. The van der Waals surface area contributed by atoms with Crippen LogP contribution in [0.5, 0.6) is 0 Å². The molecule has 0 radical (unpaired) electrons. The van der Waals surface area contributed by atoms with Crippen molar-refractivity contribution in [1.82, 2.24) is 9.97 Å². The number of halogens is 4. The van der Waals surface area contributed by atoms with Crippen LogP contribution in [0.4, 0.5) is 18.9 Å². The molecule has 0 aromatic carbocycles. The Morgan fingerprint density at radius 3 is 2.48 bits per heavy atom. The average Bonchev–Trinajstić information content (AvgIpc) is 2.87. The number of nitrogens with zero attached hydrogens (tertiary/aromatic N) is 3. The maximum absolute atomic E-state index is 13.5. The Kier molecular flexibility index (Phi) is 4.48. The topological polar surface area (TPSA) is 125 Å². The third-order valence-corrected chi connectivity index (χ3v) is 5.33. The summed E-state index contributed by atoms with van der Waals surface area (Å²) in [7, 11) is 0. The number of alkyl halides is 3. The molecule has 1 aliphatic rings. The lowest BCUT2D eigenvalue weighted by Crippen LogP contribution is -2.58. The molecule has 0 unspecified atom stereocenters. The fraction of sp³-hybridized carbons (Fsp3) is 0.438. The second-order valence-electron chi connectivity index (χ2n) is 6.59. The first kappa shape index (κ1) is 19.3. The molecule has 144 valence electrons. The van der Waals surface area contributed by atoms with Crippen molar-refractivity contribution in [1.29, 1.82) is 5.26 Å². The molecule has 1 saturated heterocycles. The van der Waals surface area contributed by atoms with Gasteiger partial charge in [0.15, 0.2) is 5.69 Å². The fourth-order valence-corrected chi connectivity index (χ4v) is 3.46. The number of aromatic nitrogens is 2. The molecule has 1 fully saturated rings. The summed E-state index contributed by atoms with van der Waals surface area (Å²) in [5.74, 6) is -0.669. The summed E-state index contributed by atoms with van der Waals surface area (Å²) in [5, 5.41) is 9.52. The number of nitriles is 1. The van der Waals surface area contributed by atoms with E-state index in [0.717, 1.165) is 0 Å². The third kappa shape index (κ3) is 3.07. The number of anilines is 1. The highest BCUT2D eigenvalue weighted by molar-refractivity contribution is 6.36. The number of amides is 1. The number of piperidine rings is 1. The SMILES string of the molecule is Cc1[nH]c2c(N3CCC(N)(C(N)=O)CC3)c(C#N)c(C(F)(F)F)nc2c1Cl. The number of carbonyl (C=O) groups excluding carboxylic acids is 1. The van der Waals surface area contributed by atoms with E-state index in [9.17, 15) is 23.2 Å². The number of rotatable bonds is 2. The average molecular weight is 401 g/mol. The largest absolute Gasteiger partial charge is 0.434 e. The summed E-state index contributed by atoms with van der Waals surface area (Å²) in [6, 6.07) is 1.62. The fourth-order valence-electron chi connectivity index (χ4n) is 3.27. The van der Waals surface area contributed by atoms with Crippen molar-refractivity contribution in [3.8, 4) is 6.07 Å². The van der Waals surface area contributed by atoms with Crippen LogP contribution in [0.3, 0.4) is 0 Å². The van der Waals surface area contributed by atoms with E-state index in [2.05, 4.69) is 9.97 Å². The second kappa shape index (κ2) is 6.28. The molecule has 0 aliphatic carbocycles. The van der Waals surface area contributed by atoms with E-state index in [-0.39, 0.29) is 47.7 Å². The minimum atomic E-state index is -4.83. The van der Waals surface area contributed by atoms with Gasteiger partial charge in [-0.1, -0.05) is 11.6 Å². The van der Waals surface area contributed by atoms with Crippen LogP contribution in [0, 0.1) is 18.3 Å². The van der Waals surface area contributed by atoms with Crippen LogP contribution < -0.4 is 16.4 Å². The van der Waals surface area contributed by atoms with E-state index >= 15 is 0 Å². The van der Waals surface area contributed by atoms with Crippen LogP contribution in [-0.2, 0) is 11.0 Å². The lowest BCUT2D eigenvalue weighted by Gasteiger charge is -2.38. The van der Waals surface area contributed by atoms with Gasteiger partial charge in [0.1, 0.15) is 17.1 Å². The predicted octanol–water partition coefficient (Wildman–Crippen LogP) is 2.20. The van der Waals surface area contributed by atoms with Crippen molar-refractivity contribution in [3.05, 3.63) is 22.0 Å². The van der Waals surface area contributed by atoms with Gasteiger partial charge in [0.2, 0.25) is 5.91 Å². The Hall–Kier alpha value is -2.51. The van der Waals surface area contributed by atoms with Crippen molar-refractivity contribution in [2.24, 2.45) is 11.5 Å². The maximum atomic E-state index is 13.5. The summed E-state index contributed by atoms with van der Waals surface area (Å²) in [6.07, 6.45) is -4.54. The van der Waals surface area contributed by atoms with Gasteiger partial charge in [-0.15, -0.1) is 0 Å². The Morgan fingerprint density at radius 2 is 2.00 bits per heavy atom. The quantitative estimate of drug-likeness (QED) is 0.712. The van der Waals surface area contributed by atoms with Crippen LogP contribution in [-0.4, -0.2) is 34.5 Å². The second-order valence-corrected chi connectivity index (χ2v) is 6.97. The molecule has 3 heterocycles. The molecule has 0 bridgehead atoms. The van der Waals surface area contributed by atoms with Gasteiger partial charge in [-0.3, -0.25) is 4.79 Å². The molecule has 0 atom stereocenters. The molecule has 3 rings (SSSR count). The molecule has 7 nitrogen and oxygen atoms in total. The van der Waals surface area contributed by atoms with Crippen LogP contribution >= 0.6 is 11.6 Å². The van der Waals surface area contributed by atoms with E-state index < -0.39 is 28.9 Å². The van der Waals surface area contributed by atoms with Crippen LogP contribution in [0.25, 0.3) is 11.0 Å². The van der Waals surface area contributed by atoms with Crippen LogP contribution in [0.15, 0.2) is 0 Å². The normalized spacial score (nSPS) is 17.1. The maximum Gasteiger partial charge on any atom is 0.434 e. The number of primary amides is 1. The van der Waals surface area contributed by atoms with E-state index in [1.54, 1.807) is 17.9 Å². The Balaban J connectivity index is 2.21. The lowest BCUT2D eigenvalue weighted by atomic mass is 9.87. The van der Waals surface area contributed by atoms with Crippen molar-refractivity contribution < 1.29 is 18.0 Å². The number of fused-ring (bicyclic) bond motifs is 1. The van der Waals surface area contributed by atoms with Gasteiger partial charge >= 0.3 is 6.18 Å². The summed E-state index contributed by atoms with van der Waals surface area (Å²) < 4.78 is 40.5. The van der Waals surface area contributed by atoms with Gasteiger partial charge < -0.3 is 21.4 Å². The third-order valence-electron chi connectivity index (χ3n) is 4.86. The van der Waals surface area contributed by atoms with E-state index in [1.807, 2.05) is 0 Å². The monoisotopic (exact) mass is 400 g/mol. The number of aryl methyl sites for hydroxylation is 1. The molecule has 1 aliphatic heterocycles. The number of carbonyl (C=O) groups is 1. The first-order chi connectivity index (χ1) is 12.5. The molecule has 0 saturated carbocycles. The van der Waals surface area contributed by atoms with Crippen LogP contribution in [0.2, 0.25) is 5.02 Å². The highest BCUT2D eigenvalue weighted by atomic mass is 35.5. The molecule has 1 amide bonds. The zero-order chi connectivity index (χ0) is 20.1. The Labute approximate surface area is 157 Å². The smallest absolute Gasteiger partial charge is 0.368 e. The summed E-state index contributed by atoms with van der Waals surface area (Å²) in [4.78, 5) is 19.6. The van der Waals surface area contributed by atoms with Crippen LogP contribution in [0.1, 0.15) is 29.8 Å². The van der Waals surface area contributed by atoms with Gasteiger partial charge in [-0.2, -0.15) is 18.4 Å². The predicted molar refractivity (Wildman–Crippen MR) is 93.1 cm³/mol. The number of aromatic amines is 1. The molecule has 0 spiro atoms. The summed E-state index contributed by atoms with van der Waals surface area (Å²) >= 11 is 6.11. The molecule has 27 heavy (non-hydrogen) atoms. The minimum absolute atomic E-state index is 0.0522. The summed E-state index contributed by atoms with van der Waals surface area (Å²) in [6.45, 7) is 1.90. The van der Waals surface area contributed by atoms with Crippen molar-refractivity contribution >= 4 is 34.2 Å². The zero-order valence-electron chi connectivity index (χ0n) is 14.2. The molecular formula is C16H16ClF3N6O. The van der Waals surface area contributed by atoms with E-state index in [0.29, 0.717) is 5.69 Å². The number of nitrogens with one attached hydrogen (secondary N) is 1. The molecule has 5 N–H and O–H groups in total. The van der Waals surface area contributed by atoms with Gasteiger partial charge in [0.25, 0.3) is 0 Å². The minimum Gasteiger partial charge on any atom is -0.368 e. The highest BCUT2D eigenvalue weighted by Gasteiger charge is 2.41. The van der Waals surface area contributed by atoms with Crippen molar-refractivity contribution in [2.75, 3.05) is 18.0 Å². The molecule has 2 aromatic heterocycles. The Bertz CT molecular complexity index is 969. The number of hydrogen-bond donors (Lipinski definition) is 3. The molecular weight excluding hydrogens is 385 g/mol. The standard InChI is InChI=1S/C16H16ClF3N6O/c1-7-9(17)10-11(24-7)12(8(6-21)13(25-10)16(18,19)20)26-4-2-15(23,3-5-26)14(22)27/h24H,2-5,23H2,1H3,(H2,22,27). The first-order valence-electron chi connectivity index (χ1n) is 8.02. The first-order valence-corrected chi connectivity index (χ1v) is 8.40. The van der Waals surface area contributed by atoms with Gasteiger partial charge in [0.05, 0.1) is 21.8 Å². The summed E-state index contributed by atoms with van der Waals surface area (Å²) in [5.41, 5.74) is 8.82. The number of pyridine rings is 1. The van der Waals surface area contributed by atoms with Crippen molar-refractivity contribution in [2.45, 2.75) is 31.5 Å². The van der Waals surface area contributed by atoms with E-state index in [1.165, 1.54) is 0 Å². The molecule has 11 heteroatoms. The number of H-pyrrole nitrogens is 1. The van der Waals surface area contributed by atoms with E-state index in [4.69, 9.17) is 23.1 Å². The lowest BCUT2D eigenvalue weighted by molar-refractivity contribution is -0.141. The highest BCUT2D eigenvalue weighted by Crippen LogP contribution is 2.42.